The summed E-state index contributed by atoms with van der Waals surface area (Å²) < 4.78 is 8.88. The lowest BCUT2D eigenvalue weighted by Crippen LogP contribution is -1.99. The highest BCUT2D eigenvalue weighted by Gasteiger charge is 2.05. The molecule has 0 fully saturated rings. The highest BCUT2D eigenvalue weighted by atomic mass is 35.5. The molecule has 0 spiro atoms. The number of aromatic nitrogens is 3. The third kappa shape index (κ3) is 8.13. The maximum Gasteiger partial charge on any atom is 0.466 e. The van der Waals surface area contributed by atoms with Crippen LogP contribution >= 0.6 is 42.6 Å². The molecule has 0 aliphatic rings. The molecule has 12 heteroatoms. The van der Waals surface area contributed by atoms with Gasteiger partial charge in [0.2, 0.25) is 16.5 Å². The summed E-state index contributed by atoms with van der Waals surface area (Å²) in [4.78, 5) is 32.9. The van der Waals surface area contributed by atoms with Crippen LogP contribution < -0.4 is 5.32 Å². The fraction of sp³-hybridized carbons (Fsp3) is 0. The molecule has 0 radical (unpaired) electrons. The zero-order valence-corrected chi connectivity index (χ0v) is 13.1. The largest absolute Gasteiger partial charge is 0.466 e. The minimum Gasteiger partial charge on any atom is -0.323 e. The van der Waals surface area contributed by atoms with E-state index in [0.29, 0.717) is 10.7 Å². The van der Waals surface area contributed by atoms with Gasteiger partial charge in [-0.25, -0.2) is 4.57 Å². The molecule has 0 amide bonds. The number of rotatable bonds is 2. The molecule has 8 nitrogen and oxygen atoms in total. The molecule has 0 aliphatic carbocycles. The zero-order chi connectivity index (χ0) is 16.0. The first-order valence-electron chi connectivity index (χ1n) is 5.02. The summed E-state index contributed by atoms with van der Waals surface area (Å²) in [6, 6.07) is 7.18. The molecule has 2 rings (SSSR count). The number of nitrogens with one attached hydrogen (secondary N) is 1. The third-order valence-electron chi connectivity index (χ3n) is 1.70. The van der Waals surface area contributed by atoms with Gasteiger partial charge in [0, 0.05) is 0 Å². The normalized spacial score (nSPS) is 10.6. The van der Waals surface area contributed by atoms with Gasteiger partial charge in [0.25, 0.3) is 0 Å². The van der Waals surface area contributed by atoms with Crippen LogP contribution in [-0.4, -0.2) is 29.6 Å². The Kier molecular flexibility index (Phi) is 6.76. The van der Waals surface area contributed by atoms with Gasteiger partial charge in [-0.15, -0.1) is 0 Å². The van der Waals surface area contributed by atoms with Crippen LogP contribution in [0.4, 0.5) is 11.6 Å². The Labute approximate surface area is 134 Å². The van der Waals surface area contributed by atoms with Crippen LogP contribution in [0.15, 0.2) is 24.3 Å². The molecular formula is C9H8Cl3N4O4P. The second kappa shape index (κ2) is 7.86. The Hall–Kier alpha value is -0.990. The van der Waals surface area contributed by atoms with Crippen molar-refractivity contribution in [1.82, 2.24) is 15.0 Å². The van der Waals surface area contributed by atoms with Crippen molar-refractivity contribution in [2.75, 3.05) is 5.32 Å². The molecule has 0 atom stereocenters. The van der Waals surface area contributed by atoms with Gasteiger partial charge in [-0.05, 0) is 35.3 Å². The van der Waals surface area contributed by atoms with Gasteiger partial charge in [0.15, 0.2) is 0 Å². The lowest BCUT2D eigenvalue weighted by atomic mass is 10.3. The minimum atomic E-state index is -4.64. The van der Waals surface area contributed by atoms with Crippen LogP contribution in [0.2, 0.25) is 15.6 Å². The van der Waals surface area contributed by atoms with Gasteiger partial charge < -0.3 is 20.0 Å². The fourth-order valence-corrected chi connectivity index (χ4v) is 1.61. The van der Waals surface area contributed by atoms with Crippen molar-refractivity contribution in [2.24, 2.45) is 0 Å². The van der Waals surface area contributed by atoms with E-state index < -0.39 is 7.82 Å². The van der Waals surface area contributed by atoms with Gasteiger partial charge in [-0.2, -0.15) is 15.0 Å². The van der Waals surface area contributed by atoms with E-state index in [2.05, 4.69) is 20.3 Å². The van der Waals surface area contributed by atoms with Crippen molar-refractivity contribution < 1.29 is 19.2 Å². The molecule has 0 bridgehead atoms. The lowest BCUT2D eigenvalue weighted by Gasteiger charge is -2.06. The zero-order valence-electron chi connectivity index (χ0n) is 9.98. The number of hydrogen-bond acceptors (Lipinski definition) is 5. The Balaban J connectivity index is 0.000000383. The van der Waals surface area contributed by atoms with Crippen LogP contribution in [0.5, 0.6) is 0 Å². The lowest BCUT2D eigenvalue weighted by molar-refractivity contribution is 0.275. The summed E-state index contributed by atoms with van der Waals surface area (Å²) in [5.41, 5.74) is 0.669. The molecule has 114 valence electrons. The molecule has 0 saturated heterocycles. The smallest absolute Gasteiger partial charge is 0.323 e. The predicted molar refractivity (Wildman–Crippen MR) is 78.8 cm³/mol. The molecule has 1 aromatic carbocycles. The van der Waals surface area contributed by atoms with E-state index in [1.807, 2.05) is 12.1 Å². The van der Waals surface area contributed by atoms with Gasteiger partial charge in [0.1, 0.15) is 0 Å². The van der Waals surface area contributed by atoms with Crippen molar-refractivity contribution in [3.05, 3.63) is 39.9 Å². The summed E-state index contributed by atoms with van der Waals surface area (Å²) in [6.07, 6.45) is 0. The maximum absolute atomic E-state index is 8.88. The molecule has 21 heavy (non-hydrogen) atoms. The van der Waals surface area contributed by atoms with Gasteiger partial charge in [-0.1, -0.05) is 23.7 Å². The van der Waals surface area contributed by atoms with Gasteiger partial charge in [0.05, 0.1) is 10.7 Å². The van der Waals surface area contributed by atoms with E-state index in [4.69, 9.17) is 54.0 Å². The molecule has 4 N–H and O–H groups in total. The van der Waals surface area contributed by atoms with Gasteiger partial charge in [-0.3, -0.25) is 0 Å². The summed E-state index contributed by atoms with van der Waals surface area (Å²) in [6.45, 7) is 0. The third-order valence-corrected chi connectivity index (χ3v) is 2.37. The van der Waals surface area contributed by atoms with Gasteiger partial charge >= 0.3 is 7.82 Å². The number of hydrogen-bond donors (Lipinski definition) is 4. The highest BCUT2D eigenvalue weighted by molar-refractivity contribution is 7.45. The molecule has 0 aliphatic heterocycles. The number of benzene rings is 1. The molecule has 2 aromatic rings. The molecule has 0 saturated carbocycles. The SMILES string of the molecule is Clc1nc(Cl)nc(Nc2ccccc2Cl)n1.O=P(O)(O)O. The van der Waals surface area contributed by atoms with Crippen molar-refractivity contribution in [1.29, 1.82) is 0 Å². The molecule has 1 aromatic heterocycles. The summed E-state index contributed by atoms with van der Waals surface area (Å²) in [5.74, 6) is 0.248. The van der Waals surface area contributed by atoms with Crippen LogP contribution in [-0.2, 0) is 4.57 Å². The summed E-state index contributed by atoms with van der Waals surface area (Å²) >= 11 is 17.2. The standard InChI is InChI=1S/C9H5Cl3N4.H3O4P/c10-5-3-1-2-4-6(5)13-9-15-7(11)14-8(12)16-9;1-5(2,3)4/h1-4H,(H,13,14,15,16);(H3,1,2,3,4). The quantitative estimate of drug-likeness (QED) is 0.591. The van der Waals surface area contributed by atoms with Crippen molar-refractivity contribution in [3.8, 4) is 0 Å². The van der Waals surface area contributed by atoms with E-state index in [1.165, 1.54) is 0 Å². The molecule has 1 heterocycles. The topological polar surface area (TPSA) is 128 Å². The predicted octanol–water partition coefficient (Wildman–Crippen LogP) is 2.65. The number of para-hydroxylation sites is 1. The first kappa shape index (κ1) is 18.1. The minimum absolute atomic E-state index is 0.0227. The second-order valence-electron chi connectivity index (χ2n) is 3.32. The van der Waals surface area contributed by atoms with E-state index in [-0.39, 0.29) is 16.5 Å². The average Bonchev–Trinajstić information content (AvgIpc) is 2.28. The Morgan fingerprint density at radius 1 is 0.952 bits per heavy atom. The average molecular weight is 374 g/mol. The Morgan fingerprint density at radius 2 is 1.43 bits per heavy atom. The number of phosphoric acid groups is 1. The monoisotopic (exact) mass is 372 g/mol. The van der Waals surface area contributed by atoms with Crippen LogP contribution in [0.1, 0.15) is 0 Å². The second-order valence-corrected chi connectivity index (χ2v) is 5.43. The number of halogens is 3. The highest BCUT2D eigenvalue weighted by Crippen LogP contribution is 2.26. The van der Waals surface area contributed by atoms with E-state index in [0.717, 1.165) is 0 Å². The van der Waals surface area contributed by atoms with Crippen molar-refractivity contribution in [2.45, 2.75) is 0 Å². The fourth-order valence-electron chi connectivity index (χ4n) is 1.06. The van der Waals surface area contributed by atoms with E-state index in [9.17, 15) is 0 Å². The Bertz CT molecular complexity index is 641. The maximum atomic E-state index is 8.88. The molecule has 0 unspecified atom stereocenters. The number of anilines is 2. The summed E-state index contributed by atoms with van der Waals surface area (Å²) in [7, 11) is -4.64. The number of nitrogens with zero attached hydrogens (tertiary/aromatic N) is 3. The van der Waals surface area contributed by atoms with E-state index in [1.54, 1.807) is 12.1 Å². The Morgan fingerprint density at radius 3 is 1.90 bits per heavy atom. The summed E-state index contributed by atoms with van der Waals surface area (Å²) in [5, 5.41) is 3.49. The molecular weight excluding hydrogens is 365 g/mol. The van der Waals surface area contributed by atoms with Crippen molar-refractivity contribution >= 4 is 54.3 Å². The van der Waals surface area contributed by atoms with Crippen LogP contribution in [0.3, 0.4) is 0 Å². The van der Waals surface area contributed by atoms with Crippen LogP contribution in [0, 0.1) is 0 Å². The van der Waals surface area contributed by atoms with Crippen LogP contribution in [0.25, 0.3) is 0 Å². The first-order valence-corrected chi connectivity index (χ1v) is 7.72. The van der Waals surface area contributed by atoms with E-state index >= 15 is 0 Å². The first-order chi connectivity index (χ1) is 9.65. The van der Waals surface area contributed by atoms with Crippen molar-refractivity contribution in [3.63, 3.8) is 0 Å².